The van der Waals surface area contributed by atoms with Crippen LogP contribution in [0.25, 0.3) is 11.0 Å². The molecule has 0 saturated carbocycles. The fourth-order valence-electron chi connectivity index (χ4n) is 2.13. The quantitative estimate of drug-likeness (QED) is 0.494. The third kappa shape index (κ3) is 3.95. The number of ether oxygens (including phenoxy) is 1. The van der Waals surface area contributed by atoms with Gasteiger partial charge in [-0.25, -0.2) is 0 Å². The number of nitrogens with zero attached hydrogens (tertiary/aromatic N) is 2. The van der Waals surface area contributed by atoms with Gasteiger partial charge in [-0.1, -0.05) is 0 Å². The molecule has 0 amide bonds. The summed E-state index contributed by atoms with van der Waals surface area (Å²) >= 11 is 0.125. The van der Waals surface area contributed by atoms with E-state index < -0.39 is 0 Å². The number of ketones is 1. The first-order valence-electron chi connectivity index (χ1n) is 7.37. The van der Waals surface area contributed by atoms with E-state index in [0.717, 1.165) is 5.52 Å². The number of carbonyl (C=O) groups is 1. The van der Waals surface area contributed by atoms with Gasteiger partial charge in [-0.05, 0) is 0 Å². The standard InChI is InChI=1S/C18H16N2O2Se/c1-2-22-13-10-17-15(19-11-13)8-9-16(20-17)18(21)12-23-14-6-4-3-5-7-14/h3-11H,2,12H2,1H3. The second-order valence-corrected chi connectivity index (χ2v) is 7.06. The van der Waals surface area contributed by atoms with Crippen LogP contribution in [0.3, 0.4) is 0 Å². The second-order valence-electron chi connectivity index (χ2n) is 4.86. The number of Topliss-reactive ketones (excluding diaryl/α,β-unsaturated/α-hetero) is 1. The van der Waals surface area contributed by atoms with Crippen molar-refractivity contribution in [1.29, 1.82) is 0 Å². The van der Waals surface area contributed by atoms with Crippen molar-refractivity contribution >= 4 is 36.2 Å². The van der Waals surface area contributed by atoms with Crippen LogP contribution in [0.15, 0.2) is 54.7 Å². The second kappa shape index (κ2) is 7.36. The van der Waals surface area contributed by atoms with Crippen molar-refractivity contribution in [3.8, 4) is 5.75 Å². The van der Waals surface area contributed by atoms with Crippen molar-refractivity contribution < 1.29 is 9.53 Å². The average molecular weight is 371 g/mol. The molecule has 3 rings (SSSR count). The molecule has 2 aromatic heterocycles. The molecule has 0 N–H and O–H groups in total. The molecule has 0 bridgehead atoms. The monoisotopic (exact) mass is 372 g/mol. The molecule has 0 aliphatic rings. The Morgan fingerprint density at radius 1 is 1.13 bits per heavy atom. The Labute approximate surface area is 141 Å². The van der Waals surface area contributed by atoms with Crippen molar-refractivity contribution in [2.75, 3.05) is 6.61 Å². The Balaban J connectivity index is 1.77. The van der Waals surface area contributed by atoms with Gasteiger partial charge in [-0.2, -0.15) is 0 Å². The molecule has 3 aromatic rings. The summed E-state index contributed by atoms with van der Waals surface area (Å²) < 4.78 is 6.65. The Morgan fingerprint density at radius 3 is 2.74 bits per heavy atom. The first-order valence-corrected chi connectivity index (χ1v) is 9.43. The summed E-state index contributed by atoms with van der Waals surface area (Å²) in [6.07, 6.45) is 1.67. The summed E-state index contributed by atoms with van der Waals surface area (Å²) in [7, 11) is 0. The van der Waals surface area contributed by atoms with Gasteiger partial charge in [0.25, 0.3) is 0 Å². The number of benzene rings is 1. The molecule has 116 valence electrons. The van der Waals surface area contributed by atoms with E-state index in [1.807, 2.05) is 37.3 Å². The van der Waals surface area contributed by atoms with Crippen LogP contribution in [-0.2, 0) is 0 Å². The molecule has 0 fully saturated rings. The number of carbonyl (C=O) groups excluding carboxylic acids is 1. The molecule has 4 nitrogen and oxygen atoms in total. The Morgan fingerprint density at radius 2 is 1.96 bits per heavy atom. The zero-order valence-corrected chi connectivity index (χ0v) is 14.4. The van der Waals surface area contributed by atoms with E-state index in [-0.39, 0.29) is 20.7 Å². The Kier molecular flexibility index (Phi) is 5.01. The van der Waals surface area contributed by atoms with Gasteiger partial charge in [-0.3, -0.25) is 0 Å². The SMILES string of the molecule is CCOc1cnc2ccc(C(=O)C[Se]c3ccccc3)nc2c1. The third-order valence-electron chi connectivity index (χ3n) is 3.22. The topological polar surface area (TPSA) is 52.1 Å². The minimum absolute atomic E-state index is 0.0672. The summed E-state index contributed by atoms with van der Waals surface area (Å²) in [5, 5.41) is 0.508. The maximum absolute atomic E-state index is 12.4. The van der Waals surface area contributed by atoms with Gasteiger partial charge < -0.3 is 0 Å². The van der Waals surface area contributed by atoms with E-state index in [1.54, 1.807) is 12.3 Å². The van der Waals surface area contributed by atoms with E-state index in [2.05, 4.69) is 22.1 Å². The summed E-state index contributed by atoms with van der Waals surface area (Å²) in [4.78, 5) is 21.1. The van der Waals surface area contributed by atoms with Crippen LogP contribution in [0.2, 0.25) is 5.32 Å². The van der Waals surface area contributed by atoms with Crippen LogP contribution < -0.4 is 9.20 Å². The fourth-order valence-corrected chi connectivity index (χ4v) is 3.80. The van der Waals surface area contributed by atoms with E-state index in [4.69, 9.17) is 4.74 Å². The van der Waals surface area contributed by atoms with Crippen LogP contribution in [-0.4, -0.2) is 37.3 Å². The molecule has 0 unspecified atom stereocenters. The molecule has 1 aromatic carbocycles. The van der Waals surface area contributed by atoms with Gasteiger partial charge in [0.1, 0.15) is 0 Å². The zero-order chi connectivity index (χ0) is 16.1. The van der Waals surface area contributed by atoms with Gasteiger partial charge in [0.15, 0.2) is 0 Å². The van der Waals surface area contributed by atoms with Crippen LogP contribution >= 0.6 is 0 Å². The molecule has 0 atom stereocenters. The molecule has 0 aliphatic carbocycles. The Hall–Kier alpha value is -2.23. The van der Waals surface area contributed by atoms with Crippen LogP contribution in [0.5, 0.6) is 5.75 Å². The number of rotatable bonds is 6. The molecule has 0 spiro atoms. The minimum atomic E-state index is 0.0672. The average Bonchev–Trinajstić information content (AvgIpc) is 2.60. The van der Waals surface area contributed by atoms with Crippen LogP contribution in [0.1, 0.15) is 17.4 Å². The van der Waals surface area contributed by atoms with E-state index >= 15 is 0 Å². The first-order chi connectivity index (χ1) is 11.3. The number of hydrogen-bond acceptors (Lipinski definition) is 4. The molecule has 0 saturated heterocycles. The van der Waals surface area contributed by atoms with Crippen molar-refractivity contribution in [3.63, 3.8) is 0 Å². The zero-order valence-electron chi connectivity index (χ0n) is 12.7. The molecule has 23 heavy (non-hydrogen) atoms. The van der Waals surface area contributed by atoms with Crippen LogP contribution in [0, 0.1) is 0 Å². The maximum atomic E-state index is 12.4. The summed E-state index contributed by atoms with van der Waals surface area (Å²) in [6, 6.07) is 15.5. The van der Waals surface area contributed by atoms with Crippen LogP contribution in [0.4, 0.5) is 0 Å². The molecular weight excluding hydrogens is 355 g/mol. The van der Waals surface area contributed by atoms with Crippen molar-refractivity contribution in [2.45, 2.75) is 12.2 Å². The molecule has 0 radical (unpaired) electrons. The third-order valence-corrected chi connectivity index (χ3v) is 5.35. The normalized spacial score (nSPS) is 10.7. The summed E-state index contributed by atoms with van der Waals surface area (Å²) in [6.45, 7) is 2.49. The summed E-state index contributed by atoms with van der Waals surface area (Å²) in [5.41, 5.74) is 1.94. The molecular formula is C18H16N2O2Se. The van der Waals surface area contributed by atoms with Crippen molar-refractivity contribution in [1.82, 2.24) is 9.97 Å². The van der Waals surface area contributed by atoms with Crippen molar-refractivity contribution in [3.05, 3.63) is 60.4 Å². The van der Waals surface area contributed by atoms with Gasteiger partial charge in [0.2, 0.25) is 0 Å². The van der Waals surface area contributed by atoms with Gasteiger partial charge in [-0.15, -0.1) is 0 Å². The summed E-state index contributed by atoms with van der Waals surface area (Å²) in [5.74, 6) is 0.739. The predicted octanol–water partition coefficient (Wildman–Crippen LogP) is 2.66. The molecule has 5 heteroatoms. The van der Waals surface area contributed by atoms with Gasteiger partial charge in [0, 0.05) is 0 Å². The number of fused-ring (bicyclic) bond motifs is 1. The van der Waals surface area contributed by atoms with E-state index in [0.29, 0.717) is 28.9 Å². The first kappa shape index (κ1) is 15.7. The van der Waals surface area contributed by atoms with Crippen molar-refractivity contribution in [2.24, 2.45) is 0 Å². The molecule has 2 heterocycles. The van der Waals surface area contributed by atoms with E-state index in [9.17, 15) is 4.79 Å². The number of aromatic nitrogens is 2. The predicted molar refractivity (Wildman–Crippen MR) is 91.7 cm³/mol. The van der Waals surface area contributed by atoms with E-state index in [1.165, 1.54) is 4.46 Å². The Bertz CT molecular complexity index is 822. The number of hydrogen-bond donors (Lipinski definition) is 0. The fraction of sp³-hybridized carbons (Fsp3) is 0.167. The molecule has 0 aliphatic heterocycles. The number of pyridine rings is 2. The van der Waals surface area contributed by atoms with Gasteiger partial charge in [0.05, 0.1) is 0 Å². The van der Waals surface area contributed by atoms with Gasteiger partial charge >= 0.3 is 141 Å².